The first-order chi connectivity index (χ1) is 9.74. The van der Waals surface area contributed by atoms with Crippen molar-refractivity contribution in [3.63, 3.8) is 0 Å². The first-order valence-electron chi connectivity index (χ1n) is 6.25. The Morgan fingerprint density at radius 2 is 1.95 bits per heavy atom. The fraction of sp³-hybridized carbons (Fsp3) is 0.0625. The molecule has 20 heavy (non-hydrogen) atoms. The Bertz CT molecular complexity index is 753. The SMILES string of the molecule is Fc1ccc(CNc2cccc3cccnc23)c(Cl)c1. The summed E-state index contributed by atoms with van der Waals surface area (Å²) in [6.07, 6.45) is 1.76. The Labute approximate surface area is 121 Å². The van der Waals surface area contributed by atoms with Crippen LogP contribution in [0.4, 0.5) is 10.1 Å². The number of nitrogens with one attached hydrogen (secondary N) is 1. The molecule has 0 spiro atoms. The molecule has 0 aliphatic heterocycles. The average molecular weight is 287 g/mol. The molecule has 4 heteroatoms. The van der Waals surface area contributed by atoms with Crippen LogP contribution in [0.25, 0.3) is 10.9 Å². The van der Waals surface area contributed by atoms with Gasteiger partial charge in [-0.3, -0.25) is 4.98 Å². The lowest BCUT2D eigenvalue weighted by Gasteiger charge is -2.10. The van der Waals surface area contributed by atoms with Gasteiger partial charge in [0.15, 0.2) is 0 Å². The summed E-state index contributed by atoms with van der Waals surface area (Å²) >= 11 is 6.02. The van der Waals surface area contributed by atoms with Crippen molar-refractivity contribution in [2.24, 2.45) is 0 Å². The molecule has 1 heterocycles. The Kier molecular flexibility index (Phi) is 3.52. The van der Waals surface area contributed by atoms with E-state index in [4.69, 9.17) is 11.6 Å². The minimum atomic E-state index is -0.328. The maximum absolute atomic E-state index is 13.0. The maximum Gasteiger partial charge on any atom is 0.124 e. The van der Waals surface area contributed by atoms with Gasteiger partial charge in [-0.15, -0.1) is 0 Å². The number of hydrogen-bond acceptors (Lipinski definition) is 2. The molecule has 0 fully saturated rings. The molecule has 100 valence electrons. The van der Waals surface area contributed by atoms with E-state index in [-0.39, 0.29) is 5.82 Å². The fourth-order valence-corrected chi connectivity index (χ4v) is 2.34. The van der Waals surface area contributed by atoms with Crippen LogP contribution >= 0.6 is 11.6 Å². The van der Waals surface area contributed by atoms with Crippen LogP contribution < -0.4 is 5.32 Å². The minimum Gasteiger partial charge on any atom is -0.379 e. The molecule has 0 saturated carbocycles. The Morgan fingerprint density at radius 3 is 2.80 bits per heavy atom. The molecule has 0 amide bonds. The molecule has 0 atom stereocenters. The van der Waals surface area contributed by atoms with Crippen molar-refractivity contribution >= 4 is 28.2 Å². The average Bonchev–Trinajstić information content (AvgIpc) is 2.46. The van der Waals surface area contributed by atoms with Gasteiger partial charge in [-0.25, -0.2) is 4.39 Å². The lowest BCUT2D eigenvalue weighted by atomic mass is 10.1. The maximum atomic E-state index is 13.0. The van der Waals surface area contributed by atoms with Crippen LogP contribution in [0, 0.1) is 5.82 Å². The molecule has 0 aliphatic rings. The van der Waals surface area contributed by atoms with Gasteiger partial charge in [-0.05, 0) is 29.8 Å². The Hall–Kier alpha value is -2.13. The molecule has 0 bridgehead atoms. The normalized spacial score (nSPS) is 10.7. The number of anilines is 1. The number of fused-ring (bicyclic) bond motifs is 1. The smallest absolute Gasteiger partial charge is 0.124 e. The van der Waals surface area contributed by atoms with Crippen molar-refractivity contribution < 1.29 is 4.39 Å². The summed E-state index contributed by atoms with van der Waals surface area (Å²) in [6.45, 7) is 0.523. The third-order valence-corrected chi connectivity index (χ3v) is 3.47. The van der Waals surface area contributed by atoms with Gasteiger partial charge in [-0.2, -0.15) is 0 Å². The van der Waals surface area contributed by atoms with Crippen LogP contribution in [0.15, 0.2) is 54.7 Å². The summed E-state index contributed by atoms with van der Waals surface area (Å²) in [5.41, 5.74) is 2.69. The van der Waals surface area contributed by atoms with E-state index in [1.807, 2.05) is 30.3 Å². The van der Waals surface area contributed by atoms with Crippen LogP contribution in [-0.2, 0) is 6.54 Å². The zero-order valence-electron chi connectivity index (χ0n) is 10.6. The topological polar surface area (TPSA) is 24.9 Å². The van der Waals surface area contributed by atoms with Gasteiger partial charge >= 0.3 is 0 Å². The summed E-state index contributed by atoms with van der Waals surface area (Å²) in [6, 6.07) is 14.3. The van der Waals surface area contributed by atoms with Crippen molar-refractivity contribution in [2.75, 3.05) is 5.32 Å². The first kappa shape index (κ1) is 12.9. The Morgan fingerprint density at radius 1 is 1.10 bits per heavy atom. The van der Waals surface area contributed by atoms with E-state index in [1.54, 1.807) is 12.3 Å². The number of pyridine rings is 1. The first-order valence-corrected chi connectivity index (χ1v) is 6.63. The number of nitrogens with zero attached hydrogens (tertiary/aromatic N) is 1. The quantitative estimate of drug-likeness (QED) is 0.759. The summed E-state index contributed by atoms with van der Waals surface area (Å²) < 4.78 is 13.0. The molecule has 3 aromatic rings. The van der Waals surface area contributed by atoms with Crippen LogP contribution in [-0.4, -0.2) is 4.98 Å². The van der Waals surface area contributed by atoms with Gasteiger partial charge in [0.1, 0.15) is 5.82 Å². The van der Waals surface area contributed by atoms with Crippen LogP contribution in [0.2, 0.25) is 5.02 Å². The second-order valence-electron chi connectivity index (χ2n) is 4.47. The number of halogens is 2. The van der Waals surface area contributed by atoms with E-state index in [0.717, 1.165) is 22.2 Å². The number of rotatable bonds is 3. The van der Waals surface area contributed by atoms with Gasteiger partial charge in [0.25, 0.3) is 0 Å². The van der Waals surface area contributed by atoms with Gasteiger partial charge < -0.3 is 5.32 Å². The highest BCUT2D eigenvalue weighted by Gasteiger charge is 2.04. The third kappa shape index (κ3) is 2.58. The number of benzene rings is 2. The second-order valence-corrected chi connectivity index (χ2v) is 4.88. The minimum absolute atomic E-state index is 0.328. The van der Waals surface area contributed by atoms with E-state index < -0.39 is 0 Å². The second kappa shape index (κ2) is 5.47. The van der Waals surface area contributed by atoms with Crippen molar-refractivity contribution in [1.82, 2.24) is 4.98 Å². The number of aromatic nitrogens is 1. The molecular formula is C16H12ClFN2. The van der Waals surface area contributed by atoms with Gasteiger partial charge in [-0.1, -0.05) is 35.9 Å². The predicted octanol–water partition coefficient (Wildman–Crippen LogP) is 4.64. The van der Waals surface area contributed by atoms with Crippen molar-refractivity contribution in [3.8, 4) is 0 Å². The fourth-order valence-electron chi connectivity index (χ4n) is 2.10. The van der Waals surface area contributed by atoms with E-state index in [2.05, 4.69) is 10.3 Å². The number of para-hydroxylation sites is 1. The zero-order chi connectivity index (χ0) is 13.9. The highest BCUT2D eigenvalue weighted by molar-refractivity contribution is 6.31. The highest BCUT2D eigenvalue weighted by Crippen LogP contribution is 2.23. The lowest BCUT2D eigenvalue weighted by molar-refractivity contribution is 0.627. The van der Waals surface area contributed by atoms with E-state index in [1.165, 1.54) is 12.1 Å². The standard InChI is InChI=1S/C16H12ClFN2/c17-14-9-13(18)7-6-12(14)10-20-15-5-1-3-11-4-2-8-19-16(11)15/h1-9,20H,10H2. The molecule has 0 unspecified atom stereocenters. The lowest BCUT2D eigenvalue weighted by Crippen LogP contribution is -2.01. The highest BCUT2D eigenvalue weighted by atomic mass is 35.5. The largest absolute Gasteiger partial charge is 0.379 e. The molecule has 0 saturated heterocycles. The molecule has 0 aliphatic carbocycles. The summed E-state index contributed by atoms with van der Waals surface area (Å²) in [4.78, 5) is 4.37. The summed E-state index contributed by atoms with van der Waals surface area (Å²) in [5.74, 6) is -0.328. The molecule has 2 aromatic carbocycles. The summed E-state index contributed by atoms with van der Waals surface area (Å²) in [5, 5.41) is 4.79. The predicted molar refractivity (Wildman–Crippen MR) is 80.5 cm³/mol. The van der Waals surface area contributed by atoms with Gasteiger partial charge in [0, 0.05) is 23.2 Å². The van der Waals surface area contributed by atoms with Gasteiger partial charge in [0.2, 0.25) is 0 Å². The van der Waals surface area contributed by atoms with E-state index >= 15 is 0 Å². The molecule has 2 nitrogen and oxygen atoms in total. The van der Waals surface area contributed by atoms with Crippen LogP contribution in [0.5, 0.6) is 0 Å². The molecule has 1 N–H and O–H groups in total. The van der Waals surface area contributed by atoms with E-state index in [9.17, 15) is 4.39 Å². The molecule has 0 radical (unpaired) electrons. The number of hydrogen-bond donors (Lipinski definition) is 1. The third-order valence-electron chi connectivity index (χ3n) is 3.12. The molecule has 3 rings (SSSR count). The monoisotopic (exact) mass is 286 g/mol. The molecular weight excluding hydrogens is 275 g/mol. The molecule has 1 aromatic heterocycles. The van der Waals surface area contributed by atoms with Gasteiger partial charge in [0.05, 0.1) is 11.2 Å². The zero-order valence-corrected chi connectivity index (χ0v) is 11.4. The van der Waals surface area contributed by atoms with Crippen molar-refractivity contribution in [2.45, 2.75) is 6.54 Å². The van der Waals surface area contributed by atoms with Crippen LogP contribution in [0.1, 0.15) is 5.56 Å². The van der Waals surface area contributed by atoms with Crippen LogP contribution in [0.3, 0.4) is 0 Å². The van der Waals surface area contributed by atoms with Crippen molar-refractivity contribution in [1.29, 1.82) is 0 Å². The van der Waals surface area contributed by atoms with Crippen molar-refractivity contribution in [3.05, 3.63) is 71.1 Å². The Balaban J connectivity index is 1.87. The van der Waals surface area contributed by atoms with E-state index in [0.29, 0.717) is 11.6 Å². The summed E-state index contributed by atoms with van der Waals surface area (Å²) in [7, 11) is 0.